The molecule has 0 aliphatic carbocycles. The van der Waals surface area contributed by atoms with E-state index in [0.717, 1.165) is 35.5 Å². The highest BCUT2D eigenvalue weighted by atomic mass is 32.2. The molecule has 1 heterocycles. The van der Waals surface area contributed by atoms with E-state index < -0.39 is 10.0 Å². The van der Waals surface area contributed by atoms with Crippen LogP contribution in [0.4, 0.5) is 0 Å². The number of hydrogen-bond acceptors (Lipinski definition) is 3. The number of sulfonamides is 1. The Morgan fingerprint density at radius 3 is 2.75 bits per heavy atom. The van der Waals surface area contributed by atoms with Crippen molar-refractivity contribution in [1.29, 1.82) is 0 Å². The second-order valence-corrected chi connectivity index (χ2v) is 8.22. The molecular weight excluding hydrogens is 322 g/mol. The van der Waals surface area contributed by atoms with Gasteiger partial charge in [-0.1, -0.05) is 24.3 Å². The SMILES string of the molecule is Cc1ccc(C)c(S(=O)(=O)NC(C)Cc2ccc3c(c2)CCO3)c1. The first-order valence-corrected chi connectivity index (χ1v) is 9.67. The van der Waals surface area contributed by atoms with E-state index in [1.54, 1.807) is 6.07 Å². The molecule has 1 N–H and O–H groups in total. The molecule has 3 rings (SSSR count). The van der Waals surface area contributed by atoms with Crippen LogP contribution in [0, 0.1) is 13.8 Å². The van der Waals surface area contributed by atoms with Gasteiger partial charge in [0.15, 0.2) is 0 Å². The van der Waals surface area contributed by atoms with Gasteiger partial charge in [-0.3, -0.25) is 0 Å². The maximum atomic E-state index is 12.7. The predicted octanol–water partition coefficient (Wildman–Crippen LogP) is 3.15. The Morgan fingerprint density at radius 1 is 1.17 bits per heavy atom. The normalized spacial score (nSPS) is 15.0. The van der Waals surface area contributed by atoms with Crippen LogP contribution in [0.5, 0.6) is 5.75 Å². The first-order valence-electron chi connectivity index (χ1n) is 8.19. The average molecular weight is 345 g/mol. The van der Waals surface area contributed by atoms with E-state index in [9.17, 15) is 8.42 Å². The molecular formula is C19H23NO3S. The van der Waals surface area contributed by atoms with E-state index >= 15 is 0 Å². The van der Waals surface area contributed by atoms with Crippen molar-refractivity contribution < 1.29 is 13.2 Å². The summed E-state index contributed by atoms with van der Waals surface area (Å²) < 4.78 is 33.6. The van der Waals surface area contributed by atoms with E-state index in [2.05, 4.69) is 10.8 Å². The predicted molar refractivity (Wildman–Crippen MR) is 95.0 cm³/mol. The van der Waals surface area contributed by atoms with Gasteiger partial charge in [0.05, 0.1) is 11.5 Å². The van der Waals surface area contributed by atoms with E-state index in [-0.39, 0.29) is 6.04 Å². The molecule has 2 aromatic carbocycles. The molecule has 0 spiro atoms. The van der Waals surface area contributed by atoms with Crippen molar-refractivity contribution in [3.63, 3.8) is 0 Å². The Balaban J connectivity index is 1.74. The summed E-state index contributed by atoms with van der Waals surface area (Å²) in [6.45, 7) is 6.34. The lowest BCUT2D eigenvalue weighted by atomic mass is 10.0. The number of aryl methyl sites for hydroxylation is 2. The summed E-state index contributed by atoms with van der Waals surface area (Å²) in [6, 6.07) is 11.4. The first-order chi connectivity index (χ1) is 11.3. The van der Waals surface area contributed by atoms with E-state index in [4.69, 9.17) is 4.74 Å². The summed E-state index contributed by atoms with van der Waals surface area (Å²) in [6.07, 6.45) is 1.57. The molecule has 1 atom stereocenters. The Kier molecular flexibility index (Phi) is 4.65. The van der Waals surface area contributed by atoms with Gasteiger partial charge < -0.3 is 4.74 Å². The standard InChI is InChI=1S/C19H23NO3S/c1-13-4-5-14(2)19(10-13)24(21,22)20-15(3)11-16-6-7-18-17(12-16)8-9-23-18/h4-7,10,12,15,20H,8-9,11H2,1-3H3. The fraction of sp³-hybridized carbons (Fsp3) is 0.368. The summed E-state index contributed by atoms with van der Waals surface area (Å²) in [5, 5.41) is 0. The highest BCUT2D eigenvalue weighted by Gasteiger charge is 2.20. The molecule has 0 radical (unpaired) electrons. The molecule has 1 unspecified atom stereocenters. The lowest BCUT2D eigenvalue weighted by molar-refractivity contribution is 0.357. The number of benzene rings is 2. The Labute approximate surface area is 143 Å². The van der Waals surface area contributed by atoms with Gasteiger partial charge in [0.25, 0.3) is 0 Å². The van der Waals surface area contributed by atoms with Crippen molar-refractivity contribution in [2.24, 2.45) is 0 Å². The van der Waals surface area contributed by atoms with Crippen molar-refractivity contribution in [3.05, 3.63) is 58.7 Å². The lowest BCUT2D eigenvalue weighted by Crippen LogP contribution is -2.34. The van der Waals surface area contributed by atoms with Crippen molar-refractivity contribution in [1.82, 2.24) is 4.72 Å². The number of hydrogen-bond donors (Lipinski definition) is 1. The summed E-state index contributed by atoms with van der Waals surface area (Å²) in [5.74, 6) is 0.947. The van der Waals surface area contributed by atoms with Crippen LogP contribution in [-0.4, -0.2) is 21.1 Å². The molecule has 0 bridgehead atoms. The van der Waals surface area contributed by atoms with E-state index in [1.165, 1.54) is 5.56 Å². The minimum Gasteiger partial charge on any atom is -0.493 e. The summed E-state index contributed by atoms with van der Waals surface area (Å²) >= 11 is 0. The number of rotatable bonds is 5. The molecule has 0 aromatic heterocycles. The van der Waals surface area contributed by atoms with Crippen LogP contribution < -0.4 is 9.46 Å². The van der Waals surface area contributed by atoms with Gasteiger partial charge in [0.1, 0.15) is 5.75 Å². The van der Waals surface area contributed by atoms with Crippen LogP contribution in [0.2, 0.25) is 0 Å². The van der Waals surface area contributed by atoms with Gasteiger partial charge in [-0.25, -0.2) is 13.1 Å². The average Bonchev–Trinajstić information content (AvgIpc) is 2.96. The van der Waals surface area contributed by atoms with Crippen molar-refractivity contribution in [2.45, 2.75) is 44.6 Å². The molecule has 0 saturated carbocycles. The quantitative estimate of drug-likeness (QED) is 0.906. The van der Waals surface area contributed by atoms with Gasteiger partial charge in [-0.2, -0.15) is 0 Å². The molecule has 2 aromatic rings. The largest absolute Gasteiger partial charge is 0.493 e. The number of nitrogens with one attached hydrogen (secondary N) is 1. The first kappa shape index (κ1) is 17.0. The molecule has 5 heteroatoms. The summed E-state index contributed by atoms with van der Waals surface area (Å²) in [4.78, 5) is 0.358. The maximum absolute atomic E-state index is 12.7. The van der Waals surface area contributed by atoms with Gasteiger partial charge in [-0.05, 0) is 61.6 Å². The zero-order valence-corrected chi connectivity index (χ0v) is 15.1. The highest BCUT2D eigenvalue weighted by Crippen LogP contribution is 2.26. The number of fused-ring (bicyclic) bond motifs is 1. The Bertz CT molecular complexity index is 859. The van der Waals surface area contributed by atoms with E-state index in [1.807, 2.05) is 45.0 Å². The Morgan fingerprint density at radius 2 is 1.96 bits per heavy atom. The fourth-order valence-electron chi connectivity index (χ4n) is 3.09. The third-order valence-corrected chi connectivity index (χ3v) is 6.02. The van der Waals surface area contributed by atoms with Crippen molar-refractivity contribution >= 4 is 10.0 Å². The second kappa shape index (κ2) is 6.57. The molecule has 1 aliphatic heterocycles. The van der Waals surface area contributed by atoms with Gasteiger partial charge in [-0.15, -0.1) is 0 Å². The monoisotopic (exact) mass is 345 g/mol. The van der Waals surface area contributed by atoms with Crippen LogP contribution in [0.1, 0.15) is 29.2 Å². The molecule has 24 heavy (non-hydrogen) atoms. The van der Waals surface area contributed by atoms with Crippen LogP contribution in [0.15, 0.2) is 41.3 Å². The third kappa shape index (κ3) is 3.62. The molecule has 4 nitrogen and oxygen atoms in total. The van der Waals surface area contributed by atoms with Gasteiger partial charge >= 0.3 is 0 Å². The van der Waals surface area contributed by atoms with Crippen LogP contribution in [0.25, 0.3) is 0 Å². The maximum Gasteiger partial charge on any atom is 0.241 e. The molecule has 128 valence electrons. The topological polar surface area (TPSA) is 55.4 Å². The number of ether oxygens (including phenoxy) is 1. The highest BCUT2D eigenvalue weighted by molar-refractivity contribution is 7.89. The zero-order chi connectivity index (χ0) is 17.3. The van der Waals surface area contributed by atoms with Crippen LogP contribution in [-0.2, 0) is 22.9 Å². The van der Waals surface area contributed by atoms with E-state index in [0.29, 0.717) is 11.3 Å². The van der Waals surface area contributed by atoms with Crippen LogP contribution >= 0.6 is 0 Å². The minimum atomic E-state index is -3.52. The Hall–Kier alpha value is -1.85. The summed E-state index contributed by atoms with van der Waals surface area (Å²) in [5.41, 5.74) is 4.02. The molecule has 1 aliphatic rings. The third-order valence-electron chi connectivity index (χ3n) is 4.29. The van der Waals surface area contributed by atoms with Crippen LogP contribution in [0.3, 0.4) is 0 Å². The molecule has 0 amide bonds. The zero-order valence-electron chi connectivity index (χ0n) is 14.3. The minimum absolute atomic E-state index is 0.185. The fourth-order valence-corrected chi connectivity index (χ4v) is 4.66. The molecule has 0 saturated heterocycles. The van der Waals surface area contributed by atoms with Crippen molar-refractivity contribution in [3.8, 4) is 5.75 Å². The van der Waals surface area contributed by atoms with Gasteiger partial charge in [0.2, 0.25) is 10.0 Å². The van der Waals surface area contributed by atoms with Crippen molar-refractivity contribution in [2.75, 3.05) is 6.61 Å². The molecule has 0 fully saturated rings. The second-order valence-electron chi connectivity index (χ2n) is 6.54. The smallest absolute Gasteiger partial charge is 0.241 e. The van der Waals surface area contributed by atoms with Gasteiger partial charge in [0, 0.05) is 12.5 Å². The summed E-state index contributed by atoms with van der Waals surface area (Å²) in [7, 11) is -3.52. The lowest BCUT2D eigenvalue weighted by Gasteiger charge is -2.16.